The molecule has 0 saturated heterocycles. The van der Waals surface area contributed by atoms with Crippen molar-refractivity contribution >= 4 is 10.8 Å². The van der Waals surface area contributed by atoms with Crippen LogP contribution >= 0.6 is 0 Å². The van der Waals surface area contributed by atoms with Crippen LogP contribution in [0.2, 0.25) is 0 Å². The topological polar surface area (TPSA) is 3.88 Å². The fraction of sp³-hybridized carbons (Fsp3) is 0.250. The predicted octanol–water partition coefficient (Wildman–Crippen LogP) is 4.84. The van der Waals surface area contributed by atoms with Crippen molar-refractivity contribution < 1.29 is 14.7 Å². The highest BCUT2D eigenvalue weighted by Gasteiger charge is 2.22. The molecule has 118 valence electrons. The van der Waals surface area contributed by atoms with E-state index >= 15 is 0 Å². The zero-order valence-corrected chi connectivity index (χ0v) is 14.0. The van der Waals surface area contributed by atoms with Gasteiger partial charge in [0.15, 0.2) is 5.69 Å². The molecule has 1 aromatic heterocycles. The summed E-state index contributed by atoms with van der Waals surface area (Å²) in [6.07, 6.45) is 0. The zero-order chi connectivity index (χ0) is 17.8. The van der Waals surface area contributed by atoms with Gasteiger partial charge in [0.1, 0.15) is 18.7 Å². The lowest BCUT2D eigenvalue weighted by Gasteiger charge is -2.13. The molecule has 2 aromatic carbocycles. The van der Waals surface area contributed by atoms with Crippen molar-refractivity contribution in [1.82, 2.24) is 0 Å². The number of aryl methyl sites for hydroxylation is 1. The molecule has 0 aliphatic rings. The Morgan fingerprint density at radius 3 is 2.39 bits per heavy atom. The van der Waals surface area contributed by atoms with Gasteiger partial charge in [-0.15, -0.1) is 0 Å². The number of halogens is 2. The summed E-state index contributed by atoms with van der Waals surface area (Å²) >= 11 is 0. The molecule has 0 saturated carbocycles. The van der Waals surface area contributed by atoms with E-state index in [4.69, 9.17) is 1.37 Å². The summed E-state index contributed by atoms with van der Waals surface area (Å²) in [7, 11) is 1.89. The molecule has 23 heavy (non-hydrogen) atoms. The van der Waals surface area contributed by atoms with E-state index in [-0.39, 0.29) is 11.6 Å². The van der Waals surface area contributed by atoms with Gasteiger partial charge in [0.05, 0.1) is 12.3 Å². The van der Waals surface area contributed by atoms with Gasteiger partial charge in [-0.05, 0) is 67.1 Å². The monoisotopic (exact) mass is 313 g/mol. The molecule has 0 atom stereocenters. The first-order chi connectivity index (χ1) is 11.2. The Morgan fingerprint density at radius 2 is 1.70 bits per heavy atom. The van der Waals surface area contributed by atoms with Crippen LogP contribution in [0.5, 0.6) is 0 Å². The van der Waals surface area contributed by atoms with Gasteiger partial charge in [0.25, 0.3) is 0 Å². The lowest BCUT2D eigenvalue weighted by Crippen LogP contribution is -2.35. The number of fused-ring (bicyclic) bond motifs is 1. The third-order valence-corrected chi connectivity index (χ3v) is 4.65. The minimum Gasteiger partial charge on any atom is -0.207 e. The largest absolute Gasteiger partial charge is 0.220 e. The summed E-state index contributed by atoms with van der Waals surface area (Å²) in [5, 5.41) is 1.36. The van der Waals surface area contributed by atoms with Crippen LogP contribution in [-0.2, 0) is 7.05 Å². The van der Waals surface area contributed by atoms with E-state index < -0.39 is 0 Å². The Labute approximate surface area is 136 Å². The number of hydrogen-bond acceptors (Lipinski definition) is 0. The van der Waals surface area contributed by atoms with Crippen molar-refractivity contribution in [2.45, 2.75) is 27.7 Å². The van der Waals surface area contributed by atoms with Crippen LogP contribution < -0.4 is 4.57 Å². The third-order valence-electron chi connectivity index (χ3n) is 4.65. The number of benzene rings is 2. The highest BCUT2D eigenvalue weighted by Crippen LogP contribution is 2.32. The average Bonchev–Trinajstić information content (AvgIpc) is 2.56. The molecule has 1 nitrogen and oxygen atoms in total. The highest BCUT2D eigenvalue weighted by atomic mass is 19.1. The van der Waals surface area contributed by atoms with E-state index in [1.54, 1.807) is 19.9 Å². The van der Waals surface area contributed by atoms with Crippen LogP contribution in [0.15, 0.2) is 30.3 Å². The molecule has 0 fully saturated rings. The molecular formula is C20H20F2N+. The summed E-state index contributed by atoms with van der Waals surface area (Å²) in [6.45, 7) is 7.26. The Balaban J connectivity index is 2.52. The summed E-state index contributed by atoms with van der Waals surface area (Å²) in [5.41, 5.74) is 4.58. The Hall–Kier alpha value is -2.29. The fourth-order valence-corrected chi connectivity index (χ4v) is 3.08. The van der Waals surface area contributed by atoms with Crippen molar-refractivity contribution in [2.24, 2.45) is 7.05 Å². The van der Waals surface area contributed by atoms with Crippen LogP contribution in [0, 0.1) is 39.3 Å². The van der Waals surface area contributed by atoms with E-state index in [1.165, 1.54) is 12.1 Å². The minimum atomic E-state index is -0.363. The maximum absolute atomic E-state index is 14.2. The molecule has 1 heterocycles. The number of pyridine rings is 1. The number of rotatable bonds is 1. The van der Waals surface area contributed by atoms with E-state index in [2.05, 4.69) is 0 Å². The first-order valence-corrected chi connectivity index (χ1v) is 7.59. The molecule has 0 radical (unpaired) electrons. The molecule has 0 aliphatic carbocycles. The lowest BCUT2D eigenvalue weighted by molar-refractivity contribution is -0.665. The maximum atomic E-state index is 14.2. The van der Waals surface area contributed by atoms with Crippen LogP contribution in [0.3, 0.4) is 0 Å². The van der Waals surface area contributed by atoms with Crippen molar-refractivity contribution in [3.63, 3.8) is 0 Å². The third kappa shape index (κ3) is 2.40. The summed E-state index contributed by atoms with van der Waals surface area (Å²) < 4.78 is 38.2. The molecule has 0 aliphatic heterocycles. The van der Waals surface area contributed by atoms with Gasteiger partial charge in [-0.3, -0.25) is 0 Å². The highest BCUT2D eigenvalue weighted by molar-refractivity contribution is 5.94. The number of nitrogens with zero attached hydrogens (tertiary/aromatic N) is 1. The van der Waals surface area contributed by atoms with Crippen LogP contribution in [-0.4, -0.2) is 0 Å². The average molecular weight is 313 g/mol. The van der Waals surface area contributed by atoms with Crippen molar-refractivity contribution in [3.05, 3.63) is 64.3 Å². The fourth-order valence-electron chi connectivity index (χ4n) is 3.08. The second-order valence-electron chi connectivity index (χ2n) is 6.11. The van der Waals surface area contributed by atoms with Crippen LogP contribution in [0.4, 0.5) is 8.78 Å². The van der Waals surface area contributed by atoms with Crippen molar-refractivity contribution in [3.8, 4) is 11.3 Å². The molecule has 0 bridgehead atoms. The number of hydrogen-bond donors (Lipinski definition) is 0. The molecule has 0 N–H and O–H groups in total. The second kappa shape index (κ2) is 5.41. The van der Waals surface area contributed by atoms with Crippen molar-refractivity contribution in [2.75, 3.05) is 0 Å². The SMILES string of the molecule is [2H]c1c(C)[n+](C)c(-c2cc(C)c(F)c(C)c2C)c2ccc(F)cc12. The van der Waals surface area contributed by atoms with Gasteiger partial charge < -0.3 is 0 Å². The normalized spacial score (nSPS) is 11.9. The molecule has 0 amide bonds. The molecule has 3 aromatic rings. The van der Waals surface area contributed by atoms with Crippen LogP contribution in [0.1, 0.15) is 23.8 Å². The second-order valence-corrected chi connectivity index (χ2v) is 6.11. The van der Waals surface area contributed by atoms with E-state index in [0.717, 1.165) is 27.9 Å². The number of aromatic nitrogens is 1. The van der Waals surface area contributed by atoms with E-state index in [1.807, 2.05) is 31.5 Å². The van der Waals surface area contributed by atoms with Gasteiger partial charge in [-0.2, -0.15) is 4.57 Å². The Bertz CT molecular complexity index is 993. The molecule has 0 spiro atoms. The zero-order valence-electron chi connectivity index (χ0n) is 15.0. The molecule has 3 heteroatoms. The molecular weight excluding hydrogens is 292 g/mol. The lowest BCUT2D eigenvalue weighted by atomic mass is 9.93. The van der Waals surface area contributed by atoms with E-state index in [0.29, 0.717) is 22.6 Å². The van der Waals surface area contributed by atoms with Gasteiger partial charge >= 0.3 is 0 Å². The summed E-state index contributed by atoms with van der Waals surface area (Å²) in [6, 6.07) is 6.64. The predicted molar refractivity (Wildman–Crippen MR) is 89.4 cm³/mol. The van der Waals surface area contributed by atoms with E-state index in [9.17, 15) is 8.78 Å². The summed E-state index contributed by atoms with van der Waals surface area (Å²) in [5.74, 6) is -0.554. The van der Waals surface area contributed by atoms with Gasteiger partial charge in [-0.1, -0.05) is 0 Å². The Morgan fingerprint density at radius 1 is 1.00 bits per heavy atom. The first kappa shape index (κ1) is 14.3. The van der Waals surface area contributed by atoms with Crippen LogP contribution in [0.25, 0.3) is 22.0 Å². The molecule has 3 rings (SSSR count). The minimum absolute atomic E-state index is 0.192. The first-order valence-electron chi connectivity index (χ1n) is 8.09. The quantitative estimate of drug-likeness (QED) is 0.566. The Kier molecular flexibility index (Phi) is 3.37. The molecule has 0 unspecified atom stereocenters. The summed E-state index contributed by atoms with van der Waals surface area (Å²) in [4.78, 5) is 0. The van der Waals surface area contributed by atoms with Gasteiger partial charge in [0.2, 0.25) is 5.69 Å². The standard InChI is InChI=1S/C20H20F2N/c1-11-8-18(13(3)14(4)19(11)22)20-17-7-6-16(21)10-15(17)9-12(2)23(20)5/h6-10H,1-5H3/q+1/i9D. The van der Waals surface area contributed by atoms with Crippen molar-refractivity contribution in [1.29, 1.82) is 0 Å². The maximum Gasteiger partial charge on any atom is 0.220 e. The smallest absolute Gasteiger partial charge is 0.207 e. The van der Waals surface area contributed by atoms with Gasteiger partial charge in [-0.25, -0.2) is 8.78 Å². The van der Waals surface area contributed by atoms with Gasteiger partial charge in [0, 0.05) is 13.0 Å².